The fourth-order valence-corrected chi connectivity index (χ4v) is 2.13. The van der Waals surface area contributed by atoms with Crippen LogP contribution in [0.5, 0.6) is 17.2 Å². The second kappa shape index (κ2) is 4.89. The molecule has 1 heterocycles. The first kappa shape index (κ1) is 12.8. The average Bonchev–Trinajstić information content (AvgIpc) is 2.40. The van der Waals surface area contributed by atoms with Gasteiger partial charge >= 0.3 is 0 Å². The summed E-state index contributed by atoms with van der Waals surface area (Å²) in [5, 5.41) is 0.421. The molecule has 6 heteroatoms. The molecule has 2 rings (SSSR count). The predicted molar refractivity (Wildman–Crippen MR) is 71.9 cm³/mol. The minimum Gasteiger partial charge on any atom is -0.493 e. The van der Waals surface area contributed by atoms with Gasteiger partial charge in [0.25, 0.3) is 0 Å². The molecule has 0 saturated heterocycles. The number of halogens is 1. The molecule has 1 N–H and O–H groups in total. The monoisotopic (exact) mass is 313 g/mol. The molecule has 0 spiro atoms. The number of benzene rings is 1. The molecule has 96 valence electrons. The van der Waals surface area contributed by atoms with Crippen LogP contribution in [-0.2, 0) is 0 Å². The van der Waals surface area contributed by atoms with Crippen LogP contribution in [0.1, 0.15) is 0 Å². The summed E-state index contributed by atoms with van der Waals surface area (Å²) in [6, 6.07) is 1.70. The maximum atomic E-state index is 12.1. The van der Waals surface area contributed by atoms with Crippen molar-refractivity contribution in [1.29, 1.82) is 0 Å². The molecule has 0 saturated carbocycles. The van der Waals surface area contributed by atoms with E-state index in [1.807, 2.05) is 0 Å². The Balaban J connectivity index is 2.98. The first-order valence-electron chi connectivity index (χ1n) is 5.13. The third-order valence-electron chi connectivity index (χ3n) is 2.63. The van der Waals surface area contributed by atoms with Crippen molar-refractivity contribution in [2.24, 2.45) is 0 Å². The zero-order valence-corrected chi connectivity index (χ0v) is 11.8. The zero-order chi connectivity index (χ0) is 13.3. The molecule has 0 unspecified atom stereocenters. The highest BCUT2D eigenvalue weighted by molar-refractivity contribution is 9.10. The van der Waals surface area contributed by atoms with Crippen molar-refractivity contribution in [3.05, 3.63) is 27.0 Å². The van der Waals surface area contributed by atoms with Gasteiger partial charge in [-0.05, 0) is 15.9 Å². The largest absolute Gasteiger partial charge is 0.493 e. The highest BCUT2D eigenvalue weighted by Crippen LogP contribution is 2.41. The predicted octanol–water partition coefficient (Wildman–Crippen LogP) is 2.32. The van der Waals surface area contributed by atoms with E-state index in [0.717, 1.165) is 0 Å². The number of H-pyrrole nitrogens is 1. The molecule has 0 bridgehead atoms. The first-order chi connectivity index (χ1) is 8.63. The Bertz CT molecular complexity index is 651. The van der Waals surface area contributed by atoms with Crippen LogP contribution in [0.25, 0.3) is 10.9 Å². The highest BCUT2D eigenvalue weighted by atomic mass is 79.9. The maximum absolute atomic E-state index is 12.1. The number of pyridine rings is 1. The normalized spacial score (nSPS) is 10.4. The summed E-state index contributed by atoms with van der Waals surface area (Å²) in [6.07, 6.45) is 1.58. The van der Waals surface area contributed by atoms with Crippen molar-refractivity contribution in [2.45, 2.75) is 0 Å². The standard InChI is InChI=1S/C12H12BrNO4/c1-16-8-4-7-9(10(15)6(13)5-14-7)12(18-3)11(8)17-2/h4-5H,1-3H3,(H,14,15). The van der Waals surface area contributed by atoms with Gasteiger partial charge in [-0.1, -0.05) is 0 Å². The van der Waals surface area contributed by atoms with Crippen molar-refractivity contribution in [3.8, 4) is 17.2 Å². The molecule has 18 heavy (non-hydrogen) atoms. The number of aromatic nitrogens is 1. The fourth-order valence-electron chi connectivity index (χ4n) is 1.82. The van der Waals surface area contributed by atoms with Gasteiger partial charge < -0.3 is 19.2 Å². The Morgan fingerprint density at radius 1 is 1.11 bits per heavy atom. The number of nitrogens with one attached hydrogen (secondary N) is 1. The summed E-state index contributed by atoms with van der Waals surface area (Å²) in [5.74, 6) is 1.25. The van der Waals surface area contributed by atoms with E-state index in [1.54, 1.807) is 12.3 Å². The molecule has 0 aliphatic carbocycles. The van der Waals surface area contributed by atoms with Crippen molar-refractivity contribution < 1.29 is 14.2 Å². The zero-order valence-electron chi connectivity index (χ0n) is 10.2. The van der Waals surface area contributed by atoms with Crippen molar-refractivity contribution in [2.75, 3.05) is 21.3 Å². The van der Waals surface area contributed by atoms with E-state index in [0.29, 0.717) is 32.6 Å². The molecule has 1 aromatic heterocycles. The third-order valence-corrected chi connectivity index (χ3v) is 3.22. The topological polar surface area (TPSA) is 60.6 Å². The van der Waals surface area contributed by atoms with E-state index in [2.05, 4.69) is 20.9 Å². The van der Waals surface area contributed by atoms with Gasteiger partial charge in [0.2, 0.25) is 11.2 Å². The van der Waals surface area contributed by atoms with Crippen LogP contribution >= 0.6 is 15.9 Å². The minimum absolute atomic E-state index is 0.165. The van der Waals surface area contributed by atoms with Crippen LogP contribution in [0.4, 0.5) is 0 Å². The Hall–Kier alpha value is -1.69. The molecule has 0 amide bonds. The lowest BCUT2D eigenvalue weighted by Gasteiger charge is -2.14. The van der Waals surface area contributed by atoms with Crippen molar-refractivity contribution in [3.63, 3.8) is 0 Å². The molecule has 1 aromatic carbocycles. The lowest BCUT2D eigenvalue weighted by molar-refractivity contribution is 0.327. The molecule has 5 nitrogen and oxygen atoms in total. The smallest absolute Gasteiger partial charge is 0.207 e. The molecule has 0 fully saturated rings. The Morgan fingerprint density at radius 2 is 1.78 bits per heavy atom. The van der Waals surface area contributed by atoms with E-state index in [9.17, 15) is 4.79 Å². The van der Waals surface area contributed by atoms with E-state index < -0.39 is 0 Å². The molecule has 0 aliphatic heterocycles. The molecular formula is C12H12BrNO4. The van der Waals surface area contributed by atoms with Crippen LogP contribution in [0.2, 0.25) is 0 Å². The SMILES string of the molecule is COc1cc2[nH]cc(Br)c(=O)c2c(OC)c1OC. The third kappa shape index (κ3) is 1.82. The van der Waals surface area contributed by atoms with E-state index >= 15 is 0 Å². The van der Waals surface area contributed by atoms with Crippen LogP contribution in [0.15, 0.2) is 21.5 Å². The van der Waals surface area contributed by atoms with Gasteiger partial charge in [0.05, 0.1) is 36.7 Å². The number of rotatable bonds is 3. The Morgan fingerprint density at radius 3 is 2.33 bits per heavy atom. The molecule has 2 aromatic rings. The van der Waals surface area contributed by atoms with E-state index in [4.69, 9.17) is 14.2 Å². The number of methoxy groups -OCH3 is 3. The first-order valence-corrected chi connectivity index (χ1v) is 5.93. The molecule has 0 atom stereocenters. The van der Waals surface area contributed by atoms with E-state index in [-0.39, 0.29) is 5.43 Å². The highest BCUT2D eigenvalue weighted by Gasteiger charge is 2.19. The summed E-state index contributed by atoms with van der Waals surface area (Å²) < 4.78 is 16.2. The lowest BCUT2D eigenvalue weighted by Crippen LogP contribution is -2.07. The summed E-state index contributed by atoms with van der Waals surface area (Å²) in [5.41, 5.74) is 0.458. The van der Waals surface area contributed by atoms with Gasteiger partial charge in [0.15, 0.2) is 11.5 Å². The lowest BCUT2D eigenvalue weighted by atomic mass is 10.1. The number of fused-ring (bicyclic) bond motifs is 1. The summed E-state index contributed by atoms with van der Waals surface area (Å²) >= 11 is 3.19. The van der Waals surface area contributed by atoms with Gasteiger partial charge in [-0.3, -0.25) is 4.79 Å². The van der Waals surface area contributed by atoms with Gasteiger partial charge in [-0.15, -0.1) is 0 Å². The number of hydrogen-bond acceptors (Lipinski definition) is 4. The van der Waals surface area contributed by atoms with Crippen LogP contribution in [0, 0.1) is 0 Å². The Kier molecular flexibility index (Phi) is 3.47. The molecule has 0 aliphatic rings. The van der Waals surface area contributed by atoms with Gasteiger partial charge in [-0.2, -0.15) is 0 Å². The van der Waals surface area contributed by atoms with Crippen LogP contribution in [0.3, 0.4) is 0 Å². The number of hydrogen-bond donors (Lipinski definition) is 1. The second-order valence-corrected chi connectivity index (χ2v) is 4.39. The molecule has 0 radical (unpaired) electrons. The van der Waals surface area contributed by atoms with Gasteiger partial charge in [-0.25, -0.2) is 0 Å². The van der Waals surface area contributed by atoms with Crippen LogP contribution < -0.4 is 19.6 Å². The average molecular weight is 314 g/mol. The number of aromatic amines is 1. The second-order valence-electron chi connectivity index (χ2n) is 3.53. The fraction of sp³-hybridized carbons (Fsp3) is 0.250. The van der Waals surface area contributed by atoms with Crippen LogP contribution in [-0.4, -0.2) is 26.3 Å². The Labute approximate surface area is 112 Å². The van der Waals surface area contributed by atoms with Crippen molar-refractivity contribution in [1.82, 2.24) is 4.98 Å². The maximum Gasteiger partial charge on any atom is 0.207 e. The quantitative estimate of drug-likeness (QED) is 0.944. The minimum atomic E-state index is -0.165. The summed E-state index contributed by atoms with van der Waals surface area (Å²) in [7, 11) is 4.51. The molecular weight excluding hydrogens is 302 g/mol. The van der Waals surface area contributed by atoms with Crippen molar-refractivity contribution >= 4 is 26.8 Å². The van der Waals surface area contributed by atoms with Gasteiger partial charge in [0.1, 0.15) is 0 Å². The van der Waals surface area contributed by atoms with Gasteiger partial charge in [0, 0.05) is 12.3 Å². The summed E-state index contributed by atoms with van der Waals surface area (Å²) in [6.45, 7) is 0. The number of ether oxygens (including phenoxy) is 3. The summed E-state index contributed by atoms with van der Waals surface area (Å²) in [4.78, 5) is 15.1. The van der Waals surface area contributed by atoms with E-state index in [1.165, 1.54) is 21.3 Å².